The van der Waals surface area contributed by atoms with Gasteiger partial charge in [-0.15, -0.1) is 35.3 Å². The van der Waals surface area contributed by atoms with Crippen LogP contribution in [0.3, 0.4) is 0 Å². The lowest BCUT2D eigenvalue weighted by molar-refractivity contribution is -0.130. The van der Waals surface area contributed by atoms with E-state index < -0.39 is 0 Å². The van der Waals surface area contributed by atoms with Gasteiger partial charge in [0, 0.05) is 38.1 Å². The summed E-state index contributed by atoms with van der Waals surface area (Å²) in [6.07, 6.45) is 3.60. The minimum atomic E-state index is 0. The lowest BCUT2D eigenvalue weighted by Gasteiger charge is -2.27. The molecule has 1 aromatic carbocycles. The zero-order valence-electron chi connectivity index (χ0n) is 18.1. The Morgan fingerprint density at radius 3 is 2.55 bits per heavy atom. The van der Waals surface area contributed by atoms with Crippen LogP contribution < -0.4 is 10.6 Å². The van der Waals surface area contributed by atoms with Gasteiger partial charge < -0.3 is 15.5 Å². The van der Waals surface area contributed by atoms with Crippen molar-refractivity contribution >= 4 is 47.2 Å². The third-order valence-corrected chi connectivity index (χ3v) is 6.90. The van der Waals surface area contributed by atoms with Gasteiger partial charge in [0.25, 0.3) is 0 Å². The molecule has 0 radical (unpaired) electrons. The Bertz CT molecular complexity index is 876. The van der Waals surface area contributed by atoms with Gasteiger partial charge in [-0.3, -0.25) is 14.7 Å². The van der Waals surface area contributed by atoms with Crippen LogP contribution in [0.4, 0.5) is 0 Å². The van der Waals surface area contributed by atoms with Crippen molar-refractivity contribution in [2.75, 3.05) is 33.2 Å². The van der Waals surface area contributed by atoms with Gasteiger partial charge >= 0.3 is 0 Å². The summed E-state index contributed by atoms with van der Waals surface area (Å²) in [6.45, 7) is 5.93. The fourth-order valence-corrected chi connectivity index (χ4v) is 4.99. The lowest BCUT2D eigenvalue weighted by Crippen LogP contribution is -2.45. The monoisotopic (exact) mass is 553 g/mol. The highest BCUT2D eigenvalue weighted by Crippen LogP contribution is 2.23. The van der Waals surface area contributed by atoms with Crippen molar-refractivity contribution in [2.45, 2.75) is 38.9 Å². The van der Waals surface area contributed by atoms with Crippen LogP contribution in [-0.4, -0.2) is 54.9 Å². The van der Waals surface area contributed by atoms with Crippen LogP contribution in [-0.2, 0) is 30.8 Å². The van der Waals surface area contributed by atoms with Crippen molar-refractivity contribution in [2.24, 2.45) is 4.99 Å². The number of carbonyl (C=O) groups excluding carboxylic acids is 1. The first-order valence-electron chi connectivity index (χ1n) is 10.8. The number of guanidine groups is 1. The normalized spacial score (nSPS) is 16.5. The Balaban J connectivity index is 0.00000272. The van der Waals surface area contributed by atoms with E-state index in [-0.39, 0.29) is 36.4 Å². The van der Waals surface area contributed by atoms with E-state index in [4.69, 9.17) is 0 Å². The minimum Gasteiger partial charge on any atom is -0.352 e. The Kier molecular flexibility index (Phi) is 9.15. The van der Waals surface area contributed by atoms with E-state index in [1.807, 2.05) is 4.90 Å². The maximum atomic E-state index is 12.6. The van der Waals surface area contributed by atoms with Crippen LogP contribution in [0.5, 0.6) is 0 Å². The van der Waals surface area contributed by atoms with E-state index in [9.17, 15) is 4.79 Å². The molecule has 8 heteroatoms. The summed E-state index contributed by atoms with van der Waals surface area (Å²) in [6, 6.07) is 10.9. The van der Waals surface area contributed by atoms with Crippen molar-refractivity contribution < 1.29 is 4.79 Å². The molecule has 2 N–H and O–H groups in total. The minimum absolute atomic E-state index is 0. The average molecular weight is 554 g/mol. The number of thiophene rings is 1. The summed E-state index contributed by atoms with van der Waals surface area (Å²) in [5, 5.41) is 8.58. The number of nitrogens with one attached hydrogen (secondary N) is 2. The molecule has 2 aromatic rings. The fourth-order valence-electron chi connectivity index (χ4n) is 4.10. The summed E-state index contributed by atoms with van der Waals surface area (Å²) < 4.78 is 0. The molecule has 6 nitrogen and oxygen atoms in total. The van der Waals surface area contributed by atoms with Crippen molar-refractivity contribution in [1.29, 1.82) is 0 Å². The number of hydrogen-bond acceptors (Lipinski definition) is 4. The van der Waals surface area contributed by atoms with Crippen molar-refractivity contribution in [3.05, 3.63) is 57.3 Å². The molecule has 2 aliphatic heterocycles. The summed E-state index contributed by atoms with van der Waals surface area (Å²) >= 11 is 1.79. The fraction of sp³-hybridized carbons (Fsp3) is 0.478. The molecule has 2 aliphatic rings. The molecule has 1 aromatic heterocycles. The number of benzene rings is 1. The maximum absolute atomic E-state index is 12.6. The van der Waals surface area contributed by atoms with E-state index in [2.05, 4.69) is 56.2 Å². The topological polar surface area (TPSA) is 60.0 Å². The number of aliphatic imine (C=N–C) groups is 1. The molecule has 3 heterocycles. The Hall–Kier alpha value is -1.65. The van der Waals surface area contributed by atoms with Gasteiger partial charge in [0.05, 0.1) is 6.54 Å². The number of fused-ring (bicyclic) bond motifs is 1. The van der Waals surface area contributed by atoms with Crippen LogP contribution in [0.25, 0.3) is 0 Å². The molecule has 1 amide bonds. The highest BCUT2D eigenvalue weighted by atomic mass is 127. The van der Waals surface area contributed by atoms with Crippen molar-refractivity contribution in [1.82, 2.24) is 20.4 Å². The number of amides is 1. The largest absolute Gasteiger partial charge is 0.352 e. The predicted octanol–water partition coefficient (Wildman–Crippen LogP) is 3.21. The van der Waals surface area contributed by atoms with E-state index in [1.165, 1.54) is 47.5 Å². The first kappa shape index (κ1) is 24.0. The number of carbonyl (C=O) groups is 1. The van der Waals surface area contributed by atoms with Gasteiger partial charge in [0.2, 0.25) is 5.91 Å². The van der Waals surface area contributed by atoms with Crippen molar-refractivity contribution in [3.63, 3.8) is 0 Å². The van der Waals surface area contributed by atoms with Crippen LogP contribution in [0.15, 0.2) is 40.7 Å². The zero-order valence-corrected chi connectivity index (χ0v) is 21.2. The Morgan fingerprint density at radius 2 is 1.81 bits per heavy atom. The SMILES string of the molecule is CN=C(NCC(=O)N1CCc2sccc2C1)NCc1ccc(CN2CCCC2)cc1.I. The number of rotatable bonds is 6. The van der Waals surface area contributed by atoms with Gasteiger partial charge in [-0.1, -0.05) is 24.3 Å². The Labute approximate surface area is 206 Å². The Morgan fingerprint density at radius 1 is 1.06 bits per heavy atom. The summed E-state index contributed by atoms with van der Waals surface area (Å²) in [4.78, 5) is 22.7. The highest BCUT2D eigenvalue weighted by molar-refractivity contribution is 14.0. The molecule has 4 rings (SSSR count). The number of nitrogens with zero attached hydrogens (tertiary/aromatic N) is 3. The van der Waals surface area contributed by atoms with E-state index in [0.717, 1.165) is 26.1 Å². The molecule has 0 aliphatic carbocycles. The lowest BCUT2D eigenvalue weighted by atomic mass is 10.1. The summed E-state index contributed by atoms with van der Waals surface area (Å²) in [5.74, 6) is 0.763. The summed E-state index contributed by atoms with van der Waals surface area (Å²) in [5.41, 5.74) is 3.86. The summed E-state index contributed by atoms with van der Waals surface area (Å²) in [7, 11) is 1.73. The molecule has 0 atom stereocenters. The molecular formula is C23H32IN5OS. The van der Waals surface area contributed by atoms with Crippen LogP contribution in [0.1, 0.15) is 34.4 Å². The van der Waals surface area contributed by atoms with Gasteiger partial charge in [-0.05, 0) is 60.5 Å². The molecule has 1 saturated heterocycles. The average Bonchev–Trinajstić information content (AvgIpc) is 3.46. The smallest absolute Gasteiger partial charge is 0.242 e. The molecular weight excluding hydrogens is 521 g/mol. The number of likely N-dealkylation sites (tertiary alicyclic amines) is 1. The van der Waals surface area contributed by atoms with Crippen LogP contribution in [0, 0.1) is 0 Å². The third-order valence-electron chi connectivity index (χ3n) is 5.88. The first-order valence-corrected chi connectivity index (χ1v) is 11.7. The second-order valence-corrected chi connectivity index (χ2v) is 9.01. The van der Waals surface area contributed by atoms with E-state index in [1.54, 1.807) is 18.4 Å². The van der Waals surface area contributed by atoms with Crippen molar-refractivity contribution in [3.8, 4) is 0 Å². The maximum Gasteiger partial charge on any atom is 0.242 e. The van der Waals surface area contributed by atoms with Gasteiger partial charge in [0.15, 0.2) is 5.96 Å². The van der Waals surface area contributed by atoms with Gasteiger partial charge in [-0.2, -0.15) is 0 Å². The number of hydrogen-bond donors (Lipinski definition) is 2. The molecule has 1 fully saturated rings. The molecule has 0 bridgehead atoms. The highest BCUT2D eigenvalue weighted by Gasteiger charge is 2.21. The zero-order chi connectivity index (χ0) is 20.8. The third kappa shape index (κ3) is 6.66. The second-order valence-electron chi connectivity index (χ2n) is 8.01. The van der Waals surface area contributed by atoms with E-state index >= 15 is 0 Å². The second kappa shape index (κ2) is 11.8. The van der Waals surface area contributed by atoms with E-state index in [0.29, 0.717) is 12.5 Å². The molecule has 0 spiro atoms. The predicted molar refractivity (Wildman–Crippen MR) is 138 cm³/mol. The van der Waals surface area contributed by atoms with Crippen LogP contribution >= 0.6 is 35.3 Å². The quantitative estimate of drug-likeness (QED) is 0.328. The first-order chi connectivity index (χ1) is 14.7. The number of halogens is 1. The molecule has 168 valence electrons. The standard InChI is InChI=1S/C23H31N5OS.HI/c1-24-23(26-15-22(29)28-12-8-21-20(17-28)9-13-30-21)25-14-18-4-6-19(7-5-18)16-27-10-2-3-11-27;/h4-7,9,13H,2-3,8,10-12,14-17H2,1H3,(H2,24,25,26);1H. The van der Waals surface area contributed by atoms with Gasteiger partial charge in [0.1, 0.15) is 0 Å². The van der Waals surface area contributed by atoms with Gasteiger partial charge in [-0.25, -0.2) is 0 Å². The molecule has 0 unspecified atom stereocenters. The molecule has 31 heavy (non-hydrogen) atoms. The van der Waals surface area contributed by atoms with Crippen LogP contribution in [0.2, 0.25) is 0 Å². The molecule has 0 saturated carbocycles.